The van der Waals surface area contributed by atoms with Crippen molar-refractivity contribution in [2.24, 2.45) is 0 Å². The molecule has 0 fully saturated rings. The molecule has 3 nitrogen and oxygen atoms in total. The van der Waals surface area contributed by atoms with Gasteiger partial charge in [-0.25, -0.2) is 9.18 Å². The van der Waals surface area contributed by atoms with Crippen molar-refractivity contribution in [1.82, 2.24) is 0 Å². The first-order chi connectivity index (χ1) is 9.10. The number of anilines is 1. The zero-order valence-electron chi connectivity index (χ0n) is 10.2. The predicted octanol–water partition coefficient (Wildman–Crippen LogP) is 3.35. The molecule has 98 valence electrons. The Bertz CT molecular complexity index is 599. The van der Waals surface area contributed by atoms with Crippen LogP contribution in [0.15, 0.2) is 52.3 Å². The number of hydrogen-bond donors (Lipinski definition) is 1. The van der Waals surface area contributed by atoms with Crippen LogP contribution in [0.3, 0.4) is 0 Å². The molecule has 0 unspecified atom stereocenters. The zero-order chi connectivity index (χ0) is 13.8. The molecular weight excluding hydrogens is 265 g/mol. The molecule has 2 rings (SSSR count). The van der Waals surface area contributed by atoms with E-state index in [4.69, 9.17) is 5.73 Å². The number of ether oxygens (including phenoxy) is 1. The quantitative estimate of drug-likeness (QED) is 0.690. The average molecular weight is 277 g/mol. The number of halogens is 1. The fourth-order valence-corrected chi connectivity index (χ4v) is 2.33. The van der Waals surface area contributed by atoms with Crippen molar-refractivity contribution in [3.63, 3.8) is 0 Å². The van der Waals surface area contributed by atoms with Gasteiger partial charge in [-0.1, -0.05) is 11.8 Å². The molecule has 2 aromatic carbocycles. The molecule has 19 heavy (non-hydrogen) atoms. The van der Waals surface area contributed by atoms with Crippen molar-refractivity contribution in [3.8, 4) is 0 Å². The number of hydrogen-bond acceptors (Lipinski definition) is 4. The maximum Gasteiger partial charge on any atom is 0.337 e. The van der Waals surface area contributed by atoms with Crippen molar-refractivity contribution in [2.45, 2.75) is 9.79 Å². The van der Waals surface area contributed by atoms with Gasteiger partial charge in [-0.2, -0.15) is 0 Å². The molecule has 0 aromatic heterocycles. The molecule has 0 radical (unpaired) electrons. The minimum Gasteiger partial charge on any atom is -0.465 e. The fraction of sp³-hybridized carbons (Fsp3) is 0.0714. The van der Waals surface area contributed by atoms with E-state index in [-0.39, 0.29) is 11.7 Å². The van der Waals surface area contributed by atoms with Gasteiger partial charge in [0.15, 0.2) is 0 Å². The Kier molecular flexibility index (Phi) is 4.06. The second kappa shape index (κ2) is 5.75. The Morgan fingerprint density at radius 2 is 1.79 bits per heavy atom. The topological polar surface area (TPSA) is 52.3 Å². The molecule has 2 aromatic rings. The number of benzene rings is 2. The lowest BCUT2D eigenvalue weighted by molar-refractivity contribution is 0.0600. The van der Waals surface area contributed by atoms with Gasteiger partial charge in [-0.05, 0) is 42.5 Å². The first-order valence-electron chi connectivity index (χ1n) is 5.51. The summed E-state index contributed by atoms with van der Waals surface area (Å²) >= 11 is 1.39. The number of carbonyl (C=O) groups is 1. The Labute approximate surface area is 114 Å². The highest BCUT2D eigenvalue weighted by Gasteiger charge is 2.06. The summed E-state index contributed by atoms with van der Waals surface area (Å²) in [5.74, 6) is -0.814. The van der Waals surface area contributed by atoms with Crippen molar-refractivity contribution in [3.05, 3.63) is 53.8 Å². The van der Waals surface area contributed by atoms with Crippen molar-refractivity contribution >= 4 is 23.4 Å². The average Bonchev–Trinajstić information content (AvgIpc) is 2.43. The normalized spacial score (nSPS) is 10.2. The molecule has 0 aliphatic rings. The van der Waals surface area contributed by atoms with Gasteiger partial charge in [0.05, 0.1) is 18.4 Å². The second-order valence-corrected chi connectivity index (χ2v) is 4.95. The van der Waals surface area contributed by atoms with Crippen LogP contribution >= 0.6 is 11.8 Å². The van der Waals surface area contributed by atoms with Gasteiger partial charge < -0.3 is 10.5 Å². The number of carbonyl (C=O) groups excluding carboxylic acids is 1. The van der Waals surface area contributed by atoms with E-state index in [2.05, 4.69) is 4.74 Å². The third kappa shape index (κ3) is 3.26. The van der Waals surface area contributed by atoms with Gasteiger partial charge in [0.1, 0.15) is 5.82 Å². The van der Waals surface area contributed by atoms with Gasteiger partial charge in [0.2, 0.25) is 0 Å². The largest absolute Gasteiger partial charge is 0.465 e. The predicted molar refractivity (Wildman–Crippen MR) is 72.7 cm³/mol. The molecule has 0 spiro atoms. The minimum absolute atomic E-state index is 0.130. The molecule has 0 bridgehead atoms. The van der Waals surface area contributed by atoms with Gasteiger partial charge in [-0.15, -0.1) is 0 Å². The van der Waals surface area contributed by atoms with E-state index in [9.17, 15) is 9.18 Å². The maximum atomic E-state index is 13.3. The molecule has 0 amide bonds. The van der Waals surface area contributed by atoms with Crippen LogP contribution < -0.4 is 5.73 Å². The summed E-state index contributed by atoms with van der Waals surface area (Å²) in [7, 11) is 1.34. The lowest BCUT2D eigenvalue weighted by atomic mass is 10.2. The van der Waals surface area contributed by atoms with Gasteiger partial charge in [0, 0.05) is 9.79 Å². The summed E-state index contributed by atoms with van der Waals surface area (Å²) in [6, 6.07) is 11.6. The highest BCUT2D eigenvalue weighted by molar-refractivity contribution is 7.99. The third-order valence-electron chi connectivity index (χ3n) is 2.48. The van der Waals surface area contributed by atoms with Crippen LogP contribution in [0.2, 0.25) is 0 Å². The lowest BCUT2D eigenvalue weighted by Crippen LogP contribution is -2.00. The third-order valence-corrected chi connectivity index (χ3v) is 3.48. The van der Waals surface area contributed by atoms with Gasteiger partial charge >= 0.3 is 5.97 Å². The lowest BCUT2D eigenvalue weighted by Gasteiger charge is -2.04. The van der Waals surface area contributed by atoms with Crippen LogP contribution in [0, 0.1) is 5.82 Å². The Morgan fingerprint density at radius 1 is 1.16 bits per heavy atom. The molecule has 0 heterocycles. The van der Waals surface area contributed by atoms with Crippen LogP contribution in [0.4, 0.5) is 10.1 Å². The molecule has 0 atom stereocenters. The Morgan fingerprint density at radius 3 is 2.37 bits per heavy atom. The van der Waals surface area contributed by atoms with E-state index in [0.717, 1.165) is 9.79 Å². The number of rotatable bonds is 3. The summed E-state index contributed by atoms with van der Waals surface area (Å²) in [5.41, 5.74) is 6.03. The summed E-state index contributed by atoms with van der Waals surface area (Å²) in [6.07, 6.45) is 0. The molecule has 0 aliphatic carbocycles. The first-order valence-corrected chi connectivity index (χ1v) is 6.33. The van der Waals surface area contributed by atoms with E-state index in [1.54, 1.807) is 30.3 Å². The minimum atomic E-state index is -0.434. The monoisotopic (exact) mass is 277 g/mol. The number of methoxy groups -OCH3 is 1. The van der Waals surface area contributed by atoms with Crippen LogP contribution in [0.1, 0.15) is 10.4 Å². The van der Waals surface area contributed by atoms with Crippen LogP contribution in [-0.2, 0) is 4.74 Å². The fourth-order valence-electron chi connectivity index (χ4n) is 1.48. The summed E-state index contributed by atoms with van der Waals surface area (Å²) in [5, 5.41) is 0. The Balaban J connectivity index is 2.15. The maximum absolute atomic E-state index is 13.3. The standard InChI is InChI=1S/C14H12FNO2S/c1-18-14(17)9-2-4-10(5-3-9)19-11-6-7-13(16)12(15)8-11/h2-8H,16H2,1H3. The molecule has 0 saturated heterocycles. The molecular formula is C14H12FNO2S. The highest BCUT2D eigenvalue weighted by Crippen LogP contribution is 2.29. The summed E-state index contributed by atoms with van der Waals surface area (Å²) < 4.78 is 17.9. The zero-order valence-corrected chi connectivity index (χ0v) is 11.0. The van der Waals surface area contributed by atoms with E-state index in [1.165, 1.54) is 31.0 Å². The molecule has 0 aliphatic heterocycles. The van der Waals surface area contributed by atoms with E-state index >= 15 is 0 Å². The van der Waals surface area contributed by atoms with Crippen LogP contribution in [-0.4, -0.2) is 13.1 Å². The second-order valence-electron chi connectivity index (χ2n) is 3.80. The SMILES string of the molecule is COC(=O)c1ccc(Sc2ccc(N)c(F)c2)cc1. The van der Waals surface area contributed by atoms with Gasteiger partial charge in [-0.3, -0.25) is 0 Å². The van der Waals surface area contributed by atoms with E-state index < -0.39 is 5.82 Å². The van der Waals surface area contributed by atoms with Crippen molar-refractivity contribution < 1.29 is 13.9 Å². The Hall–Kier alpha value is -2.01. The molecule has 5 heteroatoms. The van der Waals surface area contributed by atoms with E-state index in [1.807, 2.05) is 0 Å². The highest BCUT2D eigenvalue weighted by atomic mass is 32.2. The van der Waals surface area contributed by atoms with Crippen LogP contribution in [0.5, 0.6) is 0 Å². The molecule has 2 N–H and O–H groups in total. The summed E-state index contributed by atoms with van der Waals surface area (Å²) in [4.78, 5) is 12.9. The first kappa shape index (κ1) is 13.4. The van der Waals surface area contributed by atoms with Crippen molar-refractivity contribution in [1.29, 1.82) is 0 Å². The number of nitrogen functional groups attached to an aromatic ring is 1. The smallest absolute Gasteiger partial charge is 0.337 e. The number of esters is 1. The van der Waals surface area contributed by atoms with Crippen molar-refractivity contribution in [2.75, 3.05) is 12.8 Å². The van der Waals surface area contributed by atoms with Crippen LogP contribution in [0.25, 0.3) is 0 Å². The molecule has 0 saturated carbocycles. The van der Waals surface area contributed by atoms with E-state index in [0.29, 0.717) is 5.56 Å². The summed E-state index contributed by atoms with van der Waals surface area (Å²) in [6.45, 7) is 0. The van der Waals surface area contributed by atoms with Gasteiger partial charge in [0.25, 0.3) is 0 Å². The number of nitrogens with two attached hydrogens (primary N) is 1.